The van der Waals surface area contributed by atoms with E-state index in [4.69, 9.17) is 11.6 Å². The van der Waals surface area contributed by atoms with Gasteiger partial charge in [0.2, 0.25) is 0 Å². The Kier molecular flexibility index (Phi) is 5.14. The fourth-order valence-corrected chi connectivity index (χ4v) is 2.17. The van der Waals surface area contributed by atoms with Crippen LogP contribution in [0.5, 0.6) is 5.75 Å². The topological polar surface area (TPSA) is 61.7 Å². The van der Waals surface area contributed by atoms with E-state index in [0.29, 0.717) is 11.6 Å². The molecule has 0 heterocycles. The summed E-state index contributed by atoms with van der Waals surface area (Å²) in [5.41, 5.74) is 1.85. The first-order valence-corrected chi connectivity index (χ1v) is 7.06. The minimum atomic E-state index is -4.76. The van der Waals surface area contributed by atoms with Crippen molar-refractivity contribution >= 4 is 23.7 Å². The molecule has 0 spiro atoms. The van der Waals surface area contributed by atoms with E-state index in [1.807, 2.05) is 13.0 Å². The molecule has 2 N–H and O–H groups in total. The van der Waals surface area contributed by atoms with Crippen molar-refractivity contribution in [2.45, 2.75) is 13.1 Å². The van der Waals surface area contributed by atoms with Crippen LogP contribution >= 0.6 is 11.6 Å². The van der Waals surface area contributed by atoms with Crippen LogP contribution in [0.4, 0.5) is 13.2 Å². The average Bonchev–Trinajstić information content (AvgIpc) is 2.49. The molecule has 0 saturated heterocycles. The van der Waals surface area contributed by atoms with E-state index in [2.05, 4.69) is 10.5 Å². The number of alkyl halides is 3. The Morgan fingerprint density at radius 3 is 2.62 bits per heavy atom. The normalized spacial score (nSPS) is 11.7. The monoisotopic (exact) mass is 356 g/mol. The maximum absolute atomic E-state index is 12.8. The quantitative estimate of drug-likeness (QED) is 0.641. The molecule has 126 valence electrons. The van der Waals surface area contributed by atoms with Gasteiger partial charge in [-0.05, 0) is 31.2 Å². The highest BCUT2D eigenvalue weighted by atomic mass is 35.5. The molecular formula is C16H12ClF3N2O2. The predicted octanol–water partition coefficient (Wildman–Crippen LogP) is 4.14. The molecule has 2 rings (SSSR count). The molecule has 0 saturated carbocycles. The maximum atomic E-state index is 12.8. The first-order chi connectivity index (χ1) is 11.2. The van der Waals surface area contributed by atoms with Gasteiger partial charge in [0.05, 0.1) is 11.8 Å². The number of carbonyl (C=O) groups is 1. The Balaban J connectivity index is 2.21. The van der Waals surface area contributed by atoms with Gasteiger partial charge in [-0.2, -0.15) is 18.3 Å². The summed E-state index contributed by atoms with van der Waals surface area (Å²) in [6, 6.07) is 8.41. The molecule has 0 bridgehead atoms. The van der Waals surface area contributed by atoms with Crippen LogP contribution in [0, 0.1) is 6.92 Å². The number of hydrogen-bond donors (Lipinski definition) is 2. The Morgan fingerprint density at radius 2 is 2.00 bits per heavy atom. The Labute approximate surface area is 140 Å². The second-order valence-corrected chi connectivity index (χ2v) is 5.39. The Morgan fingerprint density at radius 1 is 1.29 bits per heavy atom. The molecule has 0 aromatic heterocycles. The lowest BCUT2D eigenvalue weighted by Gasteiger charge is -2.11. The average molecular weight is 357 g/mol. The SMILES string of the molecule is Cc1cccc(C(=O)N/N=C/c2cc(Cl)cc(C(F)(F)F)c2O)c1. The number of phenolic OH excluding ortho intramolecular Hbond substituents is 1. The summed E-state index contributed by atoms with van der Waals surface area (Å²) in [4.78, 5) is 11.9. The minimum absolute atomic E-state index is 0.216. The molecule has 8 heteroatoms. The summed E-state index contributed by atoms with van der Waals surface area (Å²) in [6.45, 7) is 1.81. The zero-order valence-electron chi connectivity index (χ0n) is 12.4. The predicted molar refractivity (Wildman–Crippen MR) is 84.4 cm³/mol. The lowest BCUT2D eigenvalue weighted by Crippen LogP contribution is -2.17. The van der Waals surface area contributed by atoms with Crippen molar-refractivity contribution in [3.63, 3.8) is 0 Å². The number of halogens is 4. The van der Waals surface area contributed by atoms with Gasteiger partial charge in [-0.25, -0.2) is 5.43 Å². The van der Waals surface area contributed by atoms with E-state index in [1.54, 1.807) is 18.2 Å². The van der Waals surface area contributed by atoms with Crippen LogP contribution in [-0.4, -0.2) is 17.2 Å². The molecule has 0 fully saturated rings. The molecule has 4 nitrogen and oxygen atoms in total. The molecule has 0 radical (unpaired) electrons. The summed E-state index contributed by atoms with van der Waals surface area (Å²) < 4.78 is 38.4. The van der Waals surface area contributed by atoms with Crippen LogP contribution in [0.25, 0.3) is 0 Å². The Hall–Kier alpha value is -2.54. The molecule has 1 amide bonds. The van der Waals surface area contributed by atoms with Crippen molar-refractivity contribution in [3.05, 3.63) is 63.7 Å². The van der Waals surface area contributed by atoms with Crippen LogP contribution in [-0.2, 0) is 6.18 Å². The van der Waals surface area contributed by atoms with Crippen molar-refractivity contribution in [2.24, 2.45) is 5.10 Å². The van der Waals surface area contributed by atoms with E-state index in [0.717, 1.165) is 17.8 Å². The highest BCUT2D eigenvalue weighted by molar-refractivity contribution is 6.31. The highest BCUT2D eigenvalue weighted by Crippen LogP contribution is 2.38. The number of rotatable bonds is 3. The number of hydrogen-bond acceptors (Lipinski definition) is 3. The second-order valence-electron chi connectivity index (χ2n) is 4.96. The van der Waals surface area contributed by atoms with Gasteiger partial charge < -0.3 is 5.11 Å². The summed E-state index contributed by atoms with van der Waals surface area (Å²) in [6.07, 6.45) is -3.87. The first kappa shape index (κ1) is 17.8. The van der Waals surface area contributed by atoms with Gasteiger partial charge in [0, 0.05) is 16.1 Å². The summed E-state index contributed by atoms with van der Waals surface area (Å²) in [7, 11) is 0. The first-order valence-electron chi connectivity index (χ1n) is 6.68. The van der Waals surface area contributed by atoms with Crippen molar-refractivity contribution in [1.29, 1.82) is 0 Å². The minimum Gasteiger partial charge on any atom is -0.507 e. The number of phenols is 1. The molecular weight excluding hydrogens is 345 g/mol. The smallest absolute Gasteiger partial charge is 0.420 e. The van der Waals surface area contributed by atoms with Crippen LogP contribution in [0.15, 0.2) is 41.5 Å². The van der Waals surface area contributed by atoms with Gasteiger partial charge in [0.15, 0.2) is 0 Å². The molecule has 24 heavy (non-hydrogen) atoms. The lowest BCUT2D eigenvalue weighted by molar-refractivity contribution is -0.138. The summed E-state index contributed by atoms with van der Waals surface area (Å²) >= 11 is 5.62. The van der Waals surface area contributed by atoms with E-state index >= 15 is 0 Å². The van der Waals surface area contributed by atoms with E-state index < -0.39 is 23.4 Å². The highest BCUT2D eigenvalue weighted by Gasteiger charge is 2.35. The van der Waals surface area contributed by atoms with Crippen molar-refractivity contribution < 1.29 is 23.1 Å². The maximum Gasteiger partial charge on any atom is 0.420 e. The van der Waals surface area contributed by atoms with Crippen LogP contribution in [0.2, 0.25) is 5.02 Å². The molecule has 0 aliphatic carbocycles. The third kappa shape index (κ3) is 4.26. The van der Waals surface area contributed by atoms with Crippen LogP contribution in [0.1, 0.15) is 27.0 Å². The van der Waals surface area contributed by atoms with Gasteiger partial charge in [0.25, 0.3) is 5.91 Å². The third-order valence-electron chi connectivity index (χ3n) is 3.06. The number of nitrogens with zero attached hydrogens (tertiary/aromatic N) is 1. The molecule has 0 unspecified atom stereocenters. The van der Waals surface area contributed by atoms with Crippen molar-refractivity contribution in [3.8, 4) is 5.75 Å². The van der Waals surface area contributed by atoms with Crippen molar-refractivity contribution in [2.75, 3.05) is 0 Å². The zero-order valence-corrected chi connectivity index (χ0v) is 13.1. The van der Waals surface area contributed by atoms with Gasteiger partial charge in [-0.3, -0.25) is 4.79 Å². The number of hydrazone groups is 1. The fraction of sp³-hybridized carbons (Fsp3) is 0.125. The third-order valence-corrected chi connectivity index (χ3v) is 3.28. The largest absolute Gasteiger partial charge is 0.507 e. The van der Waals surface area contributed by atoms with Crippen molar-refractivity contribution in [1.82, 2.24) is 5.43 Å². The number of nitrogens with one attached hydrogen (secondary N) is 1. The molecule has 0 atom stereocenters. The molecule has 2 aromatic carbocycles. The standard InChI is InChI=1S/C16H12ClF3N2O2/c1-9-3-2-4-10(5-9)15(24)22-21-8-11-6-12(17)7-13(14(11)23)16(18,19)20/h2-8,23H,1H3,(H,22,24)/b21-8+. The summed E-state index contributed by atoms with van der Waals surface area (Å²) in [5, 5.41) is 13.0. The van der Waals surface area contributed by atoms with Gasteiger partial charge in [0.1, 0.15) is 5.75 Å². The number of aryl methyl sites for hydroxylation is 1. The van der Waals surface area contributed by atoms with E-state index in [9.17, 15) is 23.1 Å². The number of benzene rings is 2. The van der Waals surface area contributed by atoms with E-state index in [1.165, 1.54) is 0 Å². The van der Waals surface area contributed by atoms with E-state index in [-0.39, 0.29) is 10.6 Å². The summed E-state index contributed by atoms with van der Waals surface area (Å²) in [5.74, 6) is -1.55. The van der Waals surface area contributed by atoms with Crippen LogP contribution in [0.3, 0.4) is 0 Å². The Bertz CT molecular complexity index is 804. The fourth-order valence-electron chi connectivity index (χ4n) is 1.95. The van der Waals surface area contributed by atoms with Gasteiger partial charge in [-0.1, -0.05) is 29.3 Å². The number of aromatic hydroxyl groups is 1. The zero-order chi connectivity index (χ0) is 17.9. The number of amides is 1. The van der Waals surface area contributed by atoms with Gasteiger partial charge in [-0.15, -0.1) is 0 Å². The molecule has 0 aliphatic heterocycles. The molecule has 0 aliphatic rings. The molecule has 2 aromatic rings. The van der Waals surface area contributed by atoms with Crippen LogP contribution < -0.4 is 5.43 Å². The lowest BCUT2D eigenvalue weighted by atomic mass is 10.1. The van der Waals surface area contributed by atoms with Gasteiger partial charge >= 0.3 is 6.18 Å². The second kappa shape index (κ2) is 6.92. The number of carbonyl (C=O) groups excluding carboxylic acids is 1.